The third-order valence-corrected chi connectivity index (χ3v) is 2.03. The van der Waals surface area contributed by atoms with Gasteiger partial charge in [0.1, 0.15) is 0 Å². The van der Waals surface area contributed by atoms with Crippen molar-refractivity contribution in [1.29, 1.82) is 0 Å². The molecule has 5 heteroatoms. The van der Waals surface area contributed by atoms with E-state index in [0.29, 0.717) is 19.6 Å². The minimum atomic E-state index is -0.561. The van der Waals surface area contributed by atoms with Crippen LogP contribution in [0.4, 0.5) is 0 Å². The summed E-state index contributed by atoms with van der Waals surface area (Å²) in [5, 5.41) is 0. The molecule has 0 rings (SSSR count). The molecule has 0 fully saturated rings. The van der Waals surface area contributed by atoms with Gasteiger partial charge in [-0.25, -0.2) is 0 Å². The average molecular weight is 218 g/mol. The van der Waals surface area contributed by atoms with Crippen LogP contribution in [0.3, 0.4) is 0 Å². The molecule has 0 heterocycles. The summed E-state index contributed by atoms with van der Waals surface area (Å²) < 4.78 is 10.7. The minimum Gasteiger partial charge on any atom is -0.368 e. The number of hydrogen-bond donors (Lipinski definition) is 2. The quantitative estimate of drug-likeness (QED) is 0.547. The van der Waals surface area contributed by atoms with E-state index in [1.54, 1.807) is 0 Å². The number of nitrogens with two attached hydrogens (primary N) is 2. The van der Waals surface area contributed by atoms with Crippen LogP contribution >= 0.6 is 0 Å². The predicted molar refractivity (Wildman–Crippen MR) is 58.1 cm³/mol. The van der Waals surface area contributed by atoms with E-state index in [9.17, 15) is 4.79 Å². The molecule has 0 radical (unpaired) electrons. The smallest absolute Gasteiger partial charge is 0.234 e. The van der Waals surface area contributed by atoms with E-state index in [-0.39, 0.29) is 6.29 Å². The largest absolute Gasteiger partial charge is 0.368 e. The first-order valence-corrected chi connectivity index (χ1v) is 5.39. The minimum absolute atomic E-state index is 0.194. The van der Waals surface area contributed by atoms with Crippen LogP contribution in [-0.4, -0.2) is 31.5 Å². The highest BCUT2D eigenvalue weighted by atomic mass is 16.7. The molecule has 0 bridgehead atoms. The molecule has 1 unspecified atom stereocenters. The Bertz CT molecular complexity index is 170. The molecule has 0 aromatic rings. The molecule has 0 saturated heterocycles. The van der Waals surface area contributed by atoms with E-state index >= 15 is 0 Å². The van der Waals surface area contributed by atoms with Crippen LogP contribution in [0.1, 0.15) is 33.1 Å². The Kier molecular flexibility index (Phi) is 8.27. The van der Waals surface area contributed by atoms with Crippen LogP contribution in [0.5, 0.6) is 0 Å². The summed E-state index contributed by atoms with van der Waals surface area (Å²) in [5.74, 6) is -0.459. The number of ether oxygens (including phenoxy) is 2. The zero-order valence-electron chi connectivity index (χ0n) is 9.57. The van der Waals surface area contributed by atoms with Gasteiger partial charge < -0.3 is 20.9 Å². The number of primary amides is 1. The van der Waals surface area contributed by atoms with Crippen LogP contribution in [0.25, 0.3) is 0 Å². The molecule has 0 aromatic heterocycles. The molecule has 5 nitrogen and oxygen atoms in total. The van der Waals surface area contributed by atoms with Gasteiger partial charge in [-0.15, -0.1) is 0 Å². The second kappa shape index (κ2) is 8.64. The van der Waals surface area contributed by atoms with Gasteiger partial charge in [-0.1, -0.05) is 0 Å². The highest BCUT2D eigenvalue weighted by Crippen LogP contribution is 2.07. The normalized spacial score (nSPS) is 13.1. The standard InChI is InChI=1S/C10H22N2O3/c1-3-14-9(15-4-2)7-5-6-8(11)10(12)13/h8-9H,3-7,11H2,1-2H3,(H2,12,13). The van der Waals surface area contributed by atoms with Gasteiger partial charge in [0.25, 0.3) is 0 Å². The number of carbonyl (C=O) groups is 1. The van der Waals surface area contributed by atoms with Gasteiger partial charge in [0, 0.05) is 13.2 Å². The molecule has 4 N–H and O–H groups in total. The fraction of sp³-hybridized carbons (Fsp3) is 0.900. The van der Waals surface area contributed by atoms with Crippen molar-refractivity contribution in [2.45, 2.75) is 45.4 Å². The molecule has 1 amide bonds. The summed E-state index contributed by atoms with van der Waals surface area (Å²) in [6.45, 7) is 5.07. The maximum Gasteiger partial charge on any atom is 0.234 e. The summed E-state index contributed by atoms with van der Waals surface area (Å²) in [7, 11) is 0. The second-order valence-electron chi connectivity index (χ2n) is 3.28. The maximum absolute atomic E-state index is 10.7. The zero-order chi connectivity index (χ0) is 11.7. The average Bonchev–Trinajstić information content (AvgIpc) is 2.18. The van der Waals surface area contributed by atoms with Crippen molar-refractivity contribution in [3.8, 4) is 0 Å². The molecule has 0 aliphatic heterocycles. The van der Waals surface area contributed by atoms with Crippen molar-refractivity contribution < 1.29 is 14.3 Å². The van der Waals surface area contributed by atoms with E-state index in [1.807, 2.05) is 13.8 Å². The number of rotatable bonds is 9. The fourth-order valence-electron chi connectivity index (χ4n) is 1.23. The Hall–Kier alpha value is -0.650. The molecule has 0 aliphatic rings. The van der Waals surface area contributed by atoms with Gasteiger partial charge in [-0.05, 0) is 33.1 Å². The number of hydrogen-bond acceptors (Lipinski definition) is 4. The van der Waals surface area contributed by atoms with Gasteiger partial charge >= 0.3 is 0 Å². The first-order valence-electron chi connectivity index (χ1n) is 5.39. The molecule has 0 aromatic carbocycles. The topological polar surface area (TPSA) is 87.6 Å². The molecular formula is C10H22N2O3. The van der Waals surface area contributed by atoms with Gasteiger partial charge in [-0.2, -0.15) is 0 Å². The Balaban J connectivity index is 3.64. The van der Waals surface area contributed by atoms with E-state index in [1.165, 1.54) is 0 Å². The molecule has 90 valence electrons. The van der Waals surface area contributed by atoms with Gasteiger partial charge in [0.2, 0.25) is 5.91 Å². The van der Waals surface area contributed by atoms with Crippen LogP contribution < -0.4 is 11.5 Å². The molecular weight excluding hydrogens is 196 g/mol. The number of amides is 1. The van der Waals surface area contributed by atoms with Crippen molar-refractivity contribution >= 4 is 5.91 Å². The first-order chi connectivity index (χ1) is 7.11. The summed E-state index contributed by atoms with van der Waals surface area (Å²) in [6.07, 6.45) is 1.89. The molecule has 1 atom stereocenters. The van der Waals surface area contributed by atoms with E-state index in [2.05, 4.69) is 0 Å². The Morgan fingerprint density at radius 2 is 1.73 bits per heavy atom. The lowest BCUT2D eigenvalue weighted by atomic mass is 10.1. The van der Waals surface area contributed by atoms with Crippen molar-refractivity contribution in [2.75, 3.05) is 13.2 Å². The van der Waals surface area contributed by atoms with Crippen LogP contribution in [0.2, 0.25) is 0 Å². The summed E-state index contributed by atoms with van der Waals surface area (Å²) in [5.41, 5.74) is 10.5. The van der Waals surface area contributed by atoms with Crippen LogP contribution in [0, 0.1) is 0 Å². The lowest BCUT2D eigenvalue weighted by molar-refractivity contribution is -0.140. The predicted octanol–water partition coefficient (Wildman–Crippen LogP) is 0.368. The Labute approximate surface area is 91.1 Å². The molecule has 0 saturated carbocycles. The summed E-state index contributed by atoms with van der Waals surface area (Å²) >= 11 is 0. The Morgan fingerprint density at radius 3 is 2.13 bits per heavy atom. The van der Waals surface area contributed by atoms with E-state index in [4.69, 9.17) is 20.9 Å². The lowest BCUT2D eigenvalue weighted by Crippen LogP contribution is -2.36. The molecule has 15 heavy (non-hydrogen) atoms. The highest BCUT2D eigenvalue weighted by Gasteiger charge is 2.12. The van der Waals surface area contributed by atoms with Gasteiger partial charge in [0.15, 0.2) is 6.29 Å². The lowest BCUT2D eigenvalue weighted by Gasteiger charge is -2.17. The molecule has 0 spiro atoms. The summed E-state index contributed by atoms with van der Waals surface area (Å²) in [6, 6.07) is -0.561. The van der Waals surface area contributed by atoms with E-state index in [0.717, 1.165) is 12.8 Å². The van der Waals surface area contributed by atoms with Crippen molar-refractivity contribution in [2.24, 2.45) is 11.5 Å². The first kappa shape index (κ1) is 14.3. The van der Waals surface area contributed by atoms with Gasteiger partial charge in [0.05, 0.1) is 6.04 Å². The second-order valence-corrected chi connectivity index (χ2v) is 3.28. The maximum atomic E-state index is 10.7. The number of carbonyl (C=O) groups excluding carboxylic acids is 1. The van der Waals surface area contributed by atoms with Crippen molar-refractivity contribution in [1.82, 2.24) is 0 Å². The highest BCUT2D eigenvalue weighted by molar-refractivity contribution is 5.79. The SMILES string of the molecule is CCOC(CCCC(N)C(N)=O)OCC. The van der Waals surface area contributed by atoms with Crippen LogP contribution in [-0.2, 0) is 14.3 Å². The Morgan fingerprint density at radius 1 is 1.20 bits per heavy atom. The van der Waals surface area contributed by atoms with Crippen molar-refractivity contribution in [3.63, 3.8) is 0 Å². The van der Waals surface area contributed by atoms with Crippen molar-refractivity contribution in [3.05, 3.63) is 0 Å². The fourth-order valence-corrected chi connectivity index (χ4v) is 1.23. The zero-order valence-corrected chi connectivity index (χ0v) is 9.57. The van der Waals surface area contributed by atoms with Crippen LogP contribution in [0.15, 0.2) is 0 Å². The molecule has 0 aliphatic carbocycles. The third kappa shape index (κ3) is 7.30. The third-order valence-electron chi connectivity index (χ3n) is 2.03. The monoisotopic (exact) mass is 218 g/mol. The van der Waals surface area contributed by atoms with E-state index < -0.39 is 11.9 Å². The van der Waals surface area contributed by atoms with Gasteiger partial charge in [-0.3, -0.25) is 4.79 Å². The summed E-state index contributed by atoms with van der Waals surface area (Å²) in [4.78, 5) is 10.7.